The number of nitrogens with zero attached hydrogens (tertiary/aromatic N) is 1. The molecule has 164 valence electrons. The highest BCUT2D eigenvalue weighted by atomic mass is 32.2. The van der Waals surface area contributed by atoms with Crippen LogP contribution < -0.4 is 15.4 Å². The van der Waals surface area contributed by atoms with E-state index in [1.165, 1.54) is 10.4 Å². The van der Waals surface area contributed by atoms with E-state index in [1.807, 2.05) is 30.3 Å². The number of anilines is 1. The lowest BCUT2D eigenvalue weighted by Gasteiger charge is -2.32. The van der Waals surface area contributed by atoms with Gasteiger partial charge in [0.2, 0.25) is 15.9 Å². The van der Waals surface area contributed by atoms with E-state index in [9.17, 15) is 18.0 Å². The highest BCUT2D eigenvalue weighted by molar-refractivity contribution is 7.89. The Balaban J connectivity index is 1.48. The summed E-state index contributed by atoms with van der Waals surface area (Å²) in [6.07, 6.45) is 1.25. The number of carbonyl (C=O) groups excluding carboxylic acids is 2. The fraction of sp³-hybridized carbons (Fsp3) is 0.364. The van der Waals surface area contributed by atoms with Crippen LogP contribution in [0.25, 0.3) is 0 Å². The molecule has 2 amide bonds. The van der Waals surface area contributed by atoms with Crippen molar-refractivity contribution in [3.8, 4) is 5.75 Å². The van der Waals surface area contributed by atoms with E-state index in [0.717, 1.165) is 5.56 Å². The molecule has 2 aromatic carbocycles. The molecule has 2 aromatic rings. The number of piperidine rings is 1. The molecule has 0 bridgehead atoms. The van der Waals surface area contributed by atoms with E-state index < -0.39 is 15.9 Å². The number of nitrogens with one attached hydrogen (secondary N) is 2. The molecular formula is C22H25N3O5S. The first kappa shape index (κ1) is 21.3. The minimum Gasteiger partial charge on any atom is -0.482 e. The number of rotatable bonds is 5. The van der Waals surface area contributed by atoms with Gasteiger partial charge in [-0.2, -0.15) is 4.31 Å². The lowest BCUT2D eigenvalue weighted by atomic mass is 9.99. The van der Waals surface area contributed by atoms with Gasteiger partial charge in [-0.1, -0.05) is 30.3 Å². The molecule has 31 heavy (non-hydrogen) atoms. The number of fused-ring (bicyclic) bond motifs is 1. The lowest BCUT2D eigenvalue weighted by molar-refractivity contribution is -0.126. The average molecular weight is 444 g/mol. The van der Waals surface area contributed by atoms with Crippen molar-refractivity contribution < 1.29 is 22.7 Å². The molecule has 0 aromatic heterocycles. The predicted octanol–water partition coefficient (Wildman–Crippen LogP) is 2.04. The van der Waals surface area contributed by atoms with Crippen LogP contribution >= 0.6 is 0 Å². The molecule has 4 rings (SSSR count). The SMILES string of the molecule is Cc1cc2c(cc1S(=O)(=O)N1CCCC(C(=O)NCc3ccccc3)C1)OCC(=O)N2. The minimum absolute atomic E-state index is 0.132. The zero-order valence-electron chi connectivity index (χ0n) is 17.3. The molecule has 1 unspecified atom stereocenters. The number of ether oxygens (including phenoxy) is 1. The van der Waals surface area contributed by atoms with Crippen LogP contribution in [0.5, 0.6) is 5.75 Å². The second-order valence-electron chi connectivity index (χ2n) is 7.86. The summed E-state index contributed by atoms with van der Waals surface area (Å²) in [5, 5.41) is 5.60. The number of benzene rings is 2. The van der Waals surface area contributed by atoms with Crippen LogP contribution in [0.2, 0.25) is 0 Å². The number of aryl methyl sites for hydroxylation is 1. The number of hydrogen-bond donors (Lipinski definition) is 2. The maximum atomic E-state index is 13.4. The van der Waals surface area contributed by atoms with Gasteiger partial charge in [0.05, 0.1) is 16.5 Å². The molecule has 1 atom stereocenters. The highest BCUT2D eigenvalue weighted by Crippen LogP contribution is 2.35. The Bertz CT molecular complexity index is 1100. The van der Waals surface area contributed by atoms with Crippen molar-refractivity contribution in [2.24, 2.45) is 5.92 Å². The maximum absolute atomic E-state index is 13.4. The van der Waals surface area contributed by atoms with Gasteiger partial charge in [-0.3, -0.25) is 9.59 Å². The van der Waals surface area contributed by atoms with Crippen molar-refractivity contribution in [1.82, 2.24) is 9.62 Å². The smallest absolute Gasteiger partial charge is 0.262 e. The molecule has 2 heterocycles. The first-order chi connectivity index (χ1) is 14.8. The summed E-state index contributed by atoms with van der Waals surface area (Å²) >= 11 is 0. The van der Waals surface area contributed by atoms with E-state index in [2.05, 4.69) is 10.6 Å². The van der Waals surface area contributed by atoms with Crippen molar-refractivity contribution in [2.75, 3.05) is 25.0 Å². The van der Waals surface area contributed by atoms with Crippen LogP contribution in [-0.4, -0.2) is 44.2 Å². The molecule has 2 N–H and O–H groups in total. The van der Waals surface area contributed by atoms with E-state index in [4.69, 9.17) is 4.74 Å². The van der Waals surface area contributed by atoms with Crippen molar-refractivity contribution in [3.63, 3.8) is 0 Å². The third-order valence-corrected chi connectivity index (χ3v) is 7.60. The normalized spacial score (nSPS) is 19.1. The van der Waals surface area contributed by atoms with E-state index in [-0.39, 0.29) is 29.9 Å². The van der Waals surface area contributed by atoms with E-state index in [1.54, 1.807) is 13.0 Å². The molecule has 0 radical (unpaired) electrons. The van der Waals surface area contributed by atoms with Gasteiger partial charge in [-0.05, 0) is 37.0 Å². The largest absolute Gasteiger partial charge is 0.482 e. The van der Waals surface area contributed by atoms with E-state index >= 15 is 0 Å². The van der Waals surface area contributed by atoms with Gasteiger partial charge < -0.3 is 15.4 Å². The zero-order valence-corrected chi connectivity index (χ0v) is 18.1. The van der Waals surface area contributed by atoms with Crippen LogP contribution in [0.1, 0.15) is 24.0 Å². The quantitative estimate of drug-likeness (QED) is 0.736. The van der Waals surface area contributed by atoms with Crippen molar-refractivity contribution in [1.29, 1.82) is 0 Å². The molecule has 0 spiro atoms. The second-order valence-corrected chi connectivity index (χ2v) is 9.76. The second kappa shape index (κ2) is 8.68. The fourth-order valence-corrected chi connectivity index (χ4v) is 5.68. The monoisotopic (exact) mass is 443 g/mol. The highest BCUT2D eigenvalue weighted by Gasteiger charge is 2.35. The number of carbonyl (C=O) groups is 2. The van der Waals surface area contributed by atoms with Gasteiger partial charge in [-0.25, -0.2) is 8.42 Å². The maximum Gasteiger partial charge on any atom is 0.262 e. The molecule has 2 aliphatic heterocycles. The standard InChI is InChI=1S/C22H25N3O5S/c1-15-10-18-19(30-14-21(26)24-18)11-20(15)31(28,29)25-9-5-8-17(13-25)22(27)23-12-16-6-3-2-4-7-16/h2-4,6-7,10-11,17H,5,8-9,12-14H2,1H3,(H,23,27)(H,24,26). The summed E-state index contributed by atoms with van der Waals surface area (Å²) in [5.74, 6) is -0.487. The van der Waals surface area contributed by atoms with Crippen LogP contribution in [0.4, 0.5) is 5.69 Å². The first-order valence-electron chi connectivity index (χ1n) is 10.2. The fourth-order valence-electron chi connectivity index (χ4n) is 3.94. The van der Waals surface area contributed by atoms with Crippen molar-refractivity contribution in [2.45, 2.75) is 31.2 Å². The Hall–Kier alpha value is -2.91. The summed E-state index contributed by atoms with van der Waals surface area (Å²) in [7, 11) is -3.81. The summed E-state index contributed by atoms with van der Waals surface area (Å²) < 4.78 is 33.5. The van der Waals surface area contributed by atoms with Crippen LogP contribution in [0, 0.1) is 12.8 Å². The first-order valence-corrected chi connectivity index (χ1v) is 11.7. The Morgan fingerprint density at radius 2 is 2.03 bits per heavy atom. The lowest BCUT2D eigenvalue weighted by Crippen LogP contribution is -2.45. The Labute approximate surface area is 181 Å². The molecule has 1 saturated heterocycles. The molecule has 9 heteroatoms. The van der Waals surface area contributed by atoms with Crippen LogP contribution in [0.3, 0.4) is 0 Å². The topological polar surface area (TPSA) is 105 Å². The number of sulfonamides is 1. The van der Waals surface area contributed by atoms with Gasteiger partial charge in [0.15, 0.2) is 6.61 Å². The van der Waals surface area contributed by atoms with Crippen molar-refractivity contribution >= 4 is 27.5 Å². The molecule has 0 aliphatic carbocycles. The van der Waals surface area contributed by atoms with Gasteiger partial charge in [-0.15, -0.1) is 0 Å². The summed E-state index contributed by atoms with van der Waals surface area (Å²) in [6, 6.07) is 12.7. The third kappa shape index (κ3) is 4.57. The number of hydrogen-bond acceptors (Lipinski definition) is 5. The van der Waals surface area contributed by atoms with Gasteiger partial charge in [0.1, 0.15) is 5.75 Å². The Morgan fingerprint density at radius 1 is 1.26 bits per heavy atom. The Kier molecular flexibility index (Phi) is 5.97. The number of amides is 2. The zero-order chi connectivity index (χ0) is 22.0. The molecule has 2 aliphatic rings. The molecule has 0 saturated carbocycles. The van der Waals surface area contributed by atoms with Gasteiger partial charge in [0, 0.05) is 25.7 Å². The predicted molar refractivity (Wildman–Crippen MR) is 115 cm³/mol. The summed E-state index contributed by atoms with van der Waals surface area (Å²) in [5.41, 5.74) is 1.97. The van der Waals surface area contributed by atoms with Gasteiger partial charge >= 0.3 is 0 Å². The Morgan fingerprint density at radius 3 is 2.81 bits per heavy atom. The van der Waals surface area contributed by atoms with Crippen molar-refractivity contribution in [3.05, 3.63) is 53.6 Å². The third-order valence-electron chi connectivity index (χ3n) is 5.59. The minimum atomic E-state index is -3.81. The summed E-state index contributed by atoms with van der Waals surface area (Å²) in [4.78, 5) is 24.3. The molecule has 8 nitrogen and oxygen atoms in total. The van der Waals surface area contributed by atoms with Crippen LogP contribution in [-0.2, 0) is 26.2 Å². The van der Waals surface area contributed by atoms with Gasteiger partial charge in [0.25, 0.3) is 5.91 Å². The average Bonchev–Trinajstić information content (AvgIpc) is 2.77. The van der Waals surface area contributed by atoms with E-state index in [0.29, 0.717) is 42.9 Å². The molecule has 1 fully saturated rings. The summed E-state index contributed by atoms with van der Waals surface area (Å²) in [6.45, 7) is 2.44. The molecular weight excluding hydrogens is 418 g/mol. The van der Waals surface area contributed by atoms with Crippen LogP contribution in [0.15, 0.2) is 47.4 Å².